The minimum atomic E-state index is -0.962. The number of benzene rings is 2. The highest BCUT2D eigenvalue weighted by Crippen LogP contribution is 2.42. The maximum absolute atomic E-state index is 12.9. The summed E-state index contributed by atoms with van der Waals surface area (Å²) >= 11 is 0. The molecule has 2 aliphatic rings. The molecule has 0 unspecified atom stereocenters. The highest BCUT2D eigenvalue weighted by molar-refractivity contribution is 6.23. The summed E-state index contributed by atoms with van der Waals surface area (Å²) in [6.45, 7) is 3.68. The number of hydrogen-bond donors (Lipinski definition) is 0. The zero-order valence-corrected chi connectivity index (χ0v) is 15.2. The second-order valence-corrected chi connectivity index (χ2v) is 7.10. The SMILES string of the molecule is CC(C)N1C(=O)[C@@H](N2C(=O)c3ccccc3C2=O)[C@@H]1c1ccc([N+](=O)[O-])cc1. The molecule has 1 fully saturated rings. The molecular formula is C20H17N3O5. The number of carbonyl (C=O) groups is 3. The van der Waals surface area contributed by atoms with E-state index in [4.69, 9.17) is 0 Å². The maximum atomic E-state index is 12.9. The van der Waals surface area contributed by atoms with E-state index in [2.05, 4.69) is 0 Å². The van der Waals surface area contributed by atoms with E-state index >= 15 is 0 Å². The van der Waals surface area contributed by atoms with Crippen molar-refractivity contribution in [2.45, 2.75) is 32.0 Å². The van der Waals surface area contributed by atoms with Crippen molar-refractivity contribution in [1.29, 1.82) is 0 Å². The van der Waals surface area contributed by atoms with Crippen LogP contribution in [0.25, 0.3) is 0 Å². The lowest BCUT2D eigenvalue weighted by molar-refractivity contribution is -0.384. The third kappa shape index (κ3) is 2.41. The molecule has 0 spiro atoms. The molecule has 2 aromatic carbocycles. The largest absolute Gasteiger partial charge is 0.329 e. The van der Waals surface area contributed by atoms with Crippen LogP contribution in [-0.2, 0) is 4.79 Å². The molecule has 0 radical (unpaired) electrons. The minimum Gasteiger partial charge on any atom is -0.329 e. The Balaban J connectivity index is 1.74. The maximum Gasteiger partial charge on any atom is 0.269 e. The van der Waals surface area contributed by atoms with E-state index in [0.717, 1.165) is 4.90 Å². The number of nitro benzene ring substituents is 1. The number of imide groups is 1. The van der Waals surface area contributed by atoms with E-state index in [1.165, 1.54) is 12.1 Å². The van der Waals surface area contributed by atoms with Gasteiger partial charge in [-0.2, -0.15) is 0 Å². The fraction of sp³-hybridized carbons (Fsp3) is 0.250. The van der Waals surface area contributed by atoms with Crippen LogP contribution in [0.4, 0.5) is 5.69 Å². The van der Waals surface area contributed by atoms with Crippen molar-refractivity contribution in [2.24, 2.45) is 0 Å². The Bertz CT molecular complexity index is 980. The number of carbonyl (C=O) groups excluding carboxylic acids is 3. The number of amides is 3. The van der Waals surface area contributed by atoms with Crippen LogP contribution in [0.1, 0.15) is 46.2 Å². The van der Waals surface area contributed by atoms with Crippen molar-refractivity contribution in [2.75, 3.05) is 0 Å². The van der Waals surface area contributed by atoms with Gasteiger partial charge in [0.2, 0.25) is 5.91 Å². The normalized spacial score (nSPS) is 21.2. The molecule has 142 valence electrons. The van der Waals surface area contributed by atoms with Gasteiger partial charge in [-0.15, -0.1) is 0 Å². The van der Waals surface area contributed by atoms with Gasteiger partial charge in [-0.25, -0.2) is 0 Å². The topological polar surface area (TPSA) is 101 Å². The third-order valence-electron chi connectivity index (χ3n) is 5.21. The first-order valence-electron chi connectivity index (χ1n) is 8.86. The van der Waals surface area contributed by atoms with Crippen molar-refractivity contribution in [3.8, 4) is 0 Å². The van der Waals surface area contributed by atoms with Crippen molar-refractivity contribution >= 4 is 23.4 Å². The summed E-state index contributed by atoms with van der Waals surface area (Å²) < 4.78 is 0. The van der Waals surface area contributed by atoms with Gasteiger partial charge in [-0.05, 0) is 31.5 Å². The number of fused-ring (bicyclic) bond motifs is 1. The average molecular weight is 379 g/mol. The van der Waals surface area contributed by atoms with Crippen LogP contribution in [0.15, 0.2) is 48.5 Å². The van der Waals surface area contributed by atoms with Crippen LogP contribution in [0.3, 0.4) is 0 Å². The number of nitro groups is 1. The van der Waals surface area contributed by atoms with Gasteiger partial charge in [0.25, 0.3) is 17.5 Å². The first-order valence-corrected chi connectivity index (χ1v) is 8.86. The molecule has 1 saturated heterocycles. The van der Waals surface area contributed by atoms with Gasteiger partial charge in [0.05, 0.1) is 22.1 Å². The summed E-state index contributed by atoms with van der Waals surface area (Å²) in [4.78, 5) is 51.6. The Labute approximate surface area is 160 Å². The van der Waals surface area contributed by atoms with Gasteiger partial charge < -0.3 is 4.90 Å². The van der Waals surface area contributed by atoms with Crippen molar-refractivity contribution in [3.63, 3.8) is 0 Å². The summed E-state index contributed by atoms with van der Waals surface area (Å²) in [5, 5.41) is 10.9. The second-order valence-electron chi connectivity index (χ2n) is 7.10. The molecule has 8 nitrogen and oxygen atoms in total. The highest BCUT2D eigenvalue weighted by atomic mass is 16.6. The zero-order valence-electron chi connectivity index (χ0n) is 15.2. The van der Waals surface area contributed by atoms with Crippen molar-refractivity contribution < 1.29 is 19.3 Å². The second kappa shape index (κ2) is 6.26. The van der Waals surface area contributed by atoms with Gasteiger partial charge in [0.1, 0.15) is 6.04 Å². The lowest BCUT2D eigenvalue weighted by Crippen LogP contribution is -2.68. The monoisotopic (exact) mass is 379 g/mol. The van der Waals surface area contributed by atoms with Crippen LogP contribution in [0.5, 0.6) is 0 Å². The Morgan fingerprint density at radius 2 is 1.43 bits per heavy atom. The van der Waals surface area contributed by atoms with E-state index in [0.29, 0.717) is 5.56 Å². The predicted molar refractivity (Wildman–Crippen MR) is 98.5 cm³/mol. The highest BCUT2D eigenvalue weighted by Gasteiger charge is 2.57. The molecule has 28 heavy (non-hydrogen) atoms. The summed E-state index contributed by atoms with van der Waals surface area (Å²) in [6, 6.07) is 10.7. The lowest BCUT2D eigenvalue weighted by atomic mass is 9.85. The molecule has 2 aliphatic heterocycles. The minimum absolute atomic E-state index is 0.0669. The summed E-state index contributed by atoms with van der Waals surface area (Å²) in [5.41, 5.74) is 1.14. The summed E-state index contributed by atoms with van der Waals surface area (Å²) in [6.07, 6.45) is 0. The smallest absolute Gasteiger partial charge is 0.269 e. The molecule has 3 amide bonds. The molecule has 0 bridgehead atoms. The predicted octanol–water partition coefficient (Wildman–Crippen LogP) is 2.55. The lowest BCUT2D eigenvalue weighted by Gasteiger charge is -2.51. The number of nitrogens with zero attached hydrogens (tertiary/aromatic N) is 3. The number of non-ortho nitro benzene ring substituents is 1. The van der Waals surface area contributed by atoms with E-state index in [1.807, 2.05) is 13.8 Å². The van der Waals surface area contributed by atoms with E-state index in [9.17, 15) is 24.5 Å². The standard InChI is InChI=1S/C20H17N3O5/c1-11(2)21-16(12-7-9-13(10-8-12)23(27)28)17(20(21)26)22-18(24)14-5-3-4-6-15(14)19(22)25/h3-11,16-17H,1-2H3/t16-,17-/m0/s1. The van der Waals surface area contributed by atoms with E-state index in [-0.39, 0.29) is 28.8 Å². The molecule has 2 heterocycles. The van der Waals surface area contributed by atoms with Crippen molar-refractivity contribution in [3.05, 3.63) is 75.3 Å². The first kappa shape index (κ1) is 17.8. The molecule has 2 atom stereocenters. The molecule has 0 aliphatic carbocycles. The van der Waals surface area contributed by atoms with Crippen LogP contribution < -0.4 is 0 Å². The Morgan fingerprint density at radius 3 is 1.89 bits per heavy atom. The van der Waals surface area contributed by atoms with Crippen LogP contribution in [0.2, 0.25) is 0 Å². The number of rotatable bonds is 4. The molecule has 2 aromatic rings. The number of likely N-dealkylation sites (tertiary alicyclic amines) is 1. The average Bonchev–Trinajstić information content (AvgIpc) is 2.91. The van der Waals surface area contributed by atoms with Gasteiger partial charge in [-0.1, -0.05) is 24.3 Å². The van der Waals surface area contributed by atoms with Crippen LogP contribution in [0, 0.1) is 10.1 Å². The third-order valence-corrected chi connectivity index (χ3v) is 5.21. The Kier molecular flexibility index (Phi) is 3.99. The number of hydrogen-bond acceptors (Lipinski definition) is 5. The quantitative estimate of drug-likeness (QED) is 0.352. The molecular weight excluding hydrogens is 362 g/mol. The first-order chi connectivity index (χ1) is 13.3. The van der Waals surface area contributed by atoms with Crippen molar-refractivity contribution in [1.82, 2.24) is 9.80 Å². The summed E-state index contributed by atoms with van der Waals surface area (Å²) in [5.74, 6) is -1.30. The fourth-order valence-corrected chi connectivity index (χ4v) is 3.92. The van der Waals surface area contributed by atoms with Gasteiger partial charge in [0, 0.05) is 18.2 Å². The Morgan fingerprint density at radius 1 is 0.893 bits per heavy atom. The number of β-lactam (4-membered cyclic amide) rings is 1. The summed E-state index contributed by atoms with van der Waals surface area (Å²) in [7, 11) is 0. The fourth-order valence-electron chi connectivity index (χ4n) is 3.92. The van der Waals surface area contributed by atoms with Crippen LogP contribution >= 0.6 is 0 Å². The molecule has 8 heteroatoms. The zero-order chi connectivity index (χ0) is 20.2. The Hall–Kier alpha value is -3.55. The van der Waals surface area contributed by atoms with Gasteiger partial charge in [-0.3, -0.25) is 29.4 Å². The van der Waals surface area contributed by atoms with Crippen LogP contribution in [-0.4, -0.2) is 44.5 Å². The molecule has 0 saturated carbocycles. The molecule has 0 N–H and O–H groups in total. The van der Waals surface area contributed by atoms with Gasteiger partial charge in [0.15, 0.2) is 0 Å². The molecule has 4 rings (SSSR count). The molecule has 0 aromatic heterocycles. The van der Waals surface area contributed by atoms with Gasteiger partial charge >= 0.3 is 0 Å². The van der Waals surface area contributed by atoms with E-state index in [1.54, 1.807) is 41.3 Å². The van der Waals surface area contributed by atoms with E-state index < -0.39 is 28.8 Å².